The van der Waals surface area contributed by atoms with Crippen LogP contribution in [-0.2, 0) is 7.05 Å². The zero-order valence-electron chi connectivity index (χ0n) is 6.94. The average molecular weight is 177 g/mol. The van der Waals surface area contributed by atoms with Crippen LogP contribution in [0, 0.1) is 0 Å². The van der Waals surface area contributed by atoms with Gasteiger partial charge in [-0.2, -0.15) is 0 Å². The monoisotopic (exact) mass is 177 g/mol. The number of aromatic nitrogens is 3. The molecule has 5 nitrogen and oxygen atoms in total. The smallest absolute Gasteiger partial charge is 0.272 e. The Morgan fingerprint density at radius 3 is 3.00 bits per heavy atom. The van der Waals surface area contributed by atoms with Gasteiger partial charge in [0.2, 0.25) is 0 Å². The number of nitrogens with one attached hydrogen (secondary N) is 1. The number of aryl methyl sites for hydroxylation is 1. The molecule has 0 aromatic heterocycles. The average Bonchev–Trinajstić information content (AvgIpc) is 2.12. The van der Waals surface area contributed by atoms with E-state index in [-0.39, 0.29) is 5.56 Å². The van der Waals surface area contributed by atoms with E-state index in [0.29, 0.717) is 11.1 Å². The summed E-state index contributed by atoms with van der Waals surface area (Å²) in [7, 11) is 1.59. The molecular formula is C8H7N3O2. The summed E-state index contributed by atoms with van der Waals surface area (Å²) in [5, 5.41) is 2.72. The molecule has 0 bridgehead atoms. The van der Waals surface area contributed by atoms with Gasteiger partial charge in [0.1, 0.15) is 0 Å². The second-order valence-electron chi connectivity index (χ2n) is 2.75. The lowest BCUT2D eigenvalue weighted by atomic mass is 10.1. The predicted octanol–water partition coefficient (Wildman–Crippen LogP) is -0.427. The highest BCUT2D eigenvalue weighted by Gasteiger charge is 2.07. The van der Waals surface area contributed by atoms with Crippen LogP contribution >= 0.6 is 0 Å². The molecule has 0 saturated carbocycles. The third-order valence-corrected chi connectivity index (χ3v) is 1.86. The third kappa shape index (κ3) is 1.14. The summed E-state index contributed by atoms with van der Waals surface area (Å²) < 4.78 is 1.31. The number of hydrogen-bond donors (Lipinski definition) is 1. The quantitative estimate of drug-likeness (QED) is 0.594. The van der Waals surface area contributed by atoms with Crippen molar-refractivity contribution in [2.24, 2.45) is 7.05 Å². The Morgan fingerprint density at radius 1 is 1.46 bits per heavy atom. The van der Waals surface area contributed by atoms with Crippen molar-refractivity contribution in [2.75, 3.05) is 0 Å². The SMILES string of the molecule is Cn1[nH]cc2cnc(=O)cc-2c1=O. The molecule has 2 aliphatic rings. The van der Waals surface area contributed by atoms with E-state index < -0.39 is 5.56 Å². The number of hydrogen-bond acceptors (Lipinski definition) is 3. The molecule has 2 aliphatic heterocycles. The minimum Gasteiger partial charge on any atom is -0.303 e. The number of rotatable bonds is 0. The Labute approximate surface area is 73.0 Å². The van der Waals surface area contributed by atoms with Gasteiger partial charge in [-0.25, -0.2) is 4.98 Å². The Hall–Kier alpha value is -1.91. The van der Waals surface area contributed by atoms with Crippen LogP contribution in [0.5, 0.6) is 0 Å². The van der Waals surface area contributed by atoms with E-state index in [1.54, 1.807) is 13.2 Å². The van der Waals surface area contributed by atoms with Crippen LogP contribution in [-0.4, -0.2) is 14.8 Å². The van der Waals surface area contributed by atoms with Crippen molar-refractivity contribution in [3.8, 4) is 11.1 Å². The molecule has 0 aromatic rings. The first kappa shape index (κ1) is 7.72. The van der Waals surface area contributed by atoms with Crippen molar-refractivity contribution >= 4 is 0 Å². The number of fused-ring (bicyclic) bond motifs is 1. The first-order chi connectivity index (χ1) is 6.18. The van der Waals surface area contributed by atoms with Crippen LogP contribution in [0.1, 0.15) is 0 Å². The van der Waals surface area contributed by atoms with Crippen molar-refractivity contribution in [1.82, 2.24) is 14.8 Å². The molecule has 66 valence electrons. The van der Waals surface area contributed by atoms with E-state index in [2.05, 4.69) is 10.1 Å². The maximum Gasteiger partial charge on any atom is 0.272 e. The molecule has 0 unspecified atom stereocenters. The maximum atomic E-state index is 11.4. The molecule has 0 atom stereocenters. The molecule has 0 spiro atoms. The Balaban J connectivity index is 2.98. The summed E-state index contributed by atoms with van der Waals surface area (Å²) in [6.07, 6.45) is 3.01. The van der Waals surface area contributed by atoms with Crippen molar-refractivity contribution in [1.29, 1.82) is 0 Å². The molecule has 2 heterocycles. The van der Waals surface area contributed by atoms with Crippen LogP contribution in [0.4, 0.5) is 0 Å². The van der Waals surface area contributed by atoms with Gasteiger partial charge in [-0.15, -0.1) is 0 Å². The molecule has 5 heteroatoms. The van der Waals surface area contributed by atoms with Crippen molar-refractivity contribution in [3.05, 3.63) is 39.2 Å². The standard InChI is InChI=1S/C8H7N3O2/c1-11-8(13)6-2-7(12)9-3-5(6)4-10-11/h2-4,10H,1H3. The summed E-state index contributed by atoms with van der Waals surface area (Å²) in [6, 6.07) is 1.24. The second kappa shape index (κ2) is 2.55. The molecule has 0 aliphatic carbocycles. The van der Waals surface area contributed by atoms with E-state index in [1.165, 1.54) is 16.9 Å². The first-order valence-corrected chi connectivity index (χ1v) is 3.73. The van der Waals surface area contributed by atoms with E-state index in [9.17, 15) is 9.59 Å². The third-order valence-electron chi connectivity index (χ3n) is 1.86. The fourth-order valence-electron chi connectivity index (χ4n) is 1.15. The largest absolute Gasteiger partial charge is 0.303 e. The second-order valence-corrected chi connectivity index (χ2v) is 2.75. The summed E-state index contributed by atoms with van der Waals surface area (Å²) >= 11 is 0. The van der Waals surface area contributed by atoms with Gasteiger partial charge in [0.15, 0.2) is 0 Å². The van der Waals surface area contributed by atoms with Crippen LogP contribution in [0.25, 0.3) is 11.1 Å². The molecule has 1 N–H and O–H groups in total. The molecule has 0 amide bonds. The molecule has 0 saturated heterocycles. The Bertz CT molecular complexity index is 526. The van der Waals surface area contributed by atoms with Gasteiger partial charge in [-0.3, -0.25) is 14.3 Å². The van der Waals surface area contributed by atoms with Gasteiger partial charge < -0.3 is 5.10 Å². The molecule has 2 rings (SSSR count). The first-order valence-electron chi connectivity index (χ1n) is 3.73. The van der Waals surface area contributed by atoms with Gasteiger partial charge in [0, 0.05) is 31.1 Å². The summed E-state index contributed by atoms with van der Waals surface area (Å²) in [4.78, 5) is 25.9. The molecule has 0 aromatic carbocycles. The zero-order valence-corrected chi connectivity index (χ0v) is 6.94. The zero-order chi connectivity index (χ0) is 9.42. The molecule has 0 fully saturated rings. The van der Waals surface area contributed by atoms with Crippen molar-refractivity contribution < 1.29 is 0 Å². The molecule has 13 heavy (non-hydrogen) atoms. The molecule has 0 radical (unpaired) electrons. The van der Waals surface area contributed by atoms with Gasteiger partial charge >= 0.3 is 0 Å². The Kier molecular flexibility index (Phi) is 1.51. The van der Waals surface area contributed by atoms with Crippen molar-refractivity contribution in [3.63, 3.8) is 0 Å². The lowest BCUT2D eigenvalue weighted by Gasteiger charge is -2.04. The maximum absolute atomic E-state index is 11.4. The van der Waals surface area contributed by atoms with E-state index in [1.807, 2.05) is 0 Å². The lowest BCUT2D eigenvalue weighted by molar-refractivity contribution is 0.708. The Morgan fingerprint density at radius 2 is 2.23 bits per heavy atom. The highest BCUT2D eigenvalue weighted by Crippen LogP contribution is 2.09. The fraction of sp³-hybridized carbons (Fsp3) is 0.125. The van der Waals surface area contributed by atoms with E-state index in [0.717, 1.165) is 0 Å². The number of H-pyrrole nitrogens is 1. The lowest BCUT2D eigenvalue weighted by Crippen LogP contribution is -2.23. The van der Waals surface area contributed by atoms with Crippen LogP contribution in [0.2, 0.25) is 0 Å². The molecular weight excluding hydrogens is 170 g/mol. The van der Waals surface area contributed by atoms with Crippen LogP contribution in [0.3, 0.4) is 0 Å². The van der Waals surface area contributed by atoms with Gasteiger partial charge in [-0.1, -0.05) is 0 Å². The predicted molar refractivity (Wildman–Crippen MR) is 46.7 cm³/mol. The highest BCUT2D eigenvalue weighted by molar-refractivity contribution is 5.60. The number of pyridine rings is 1. The summed E-state index contributed by atoms with van der Waals surface area (Å²) in [5.41, 5.74) is 0.414. The minimum absolute atomic E-state index is 0.225. The van der Waals surface area contributed by atoms with Crippen LogP contribution in [0.15, 0.2) is 28.0 Å². The van der Waals surface area contributed by atoms with Gasteiger partial charge in [0.25, 0.3) is 11.1 Å². The van der Waals surface area contributed by atoms with Gasteiger partial charge in [0.05, 0.1) is 5.56 Å². The topological polar surface area (TPSA) is 67.8 Å². The summed E-state index contributed by atoms with van der Waals surface area (Å²) in [6.45, 7) is 0. The van der Waals surface area contributed by atoms with E-state index in [4.69, 9.17) is 0 Å². The highest BCUT2D eigenvalue weighted by atomic mass is 16.1. The number of aromatic amines is 1. The minimum atomic E-state index is -0.393. The fourth-order valence-corrected chi connectivity index (χ4v) is 1.15. The van der Waals surface area contributed by atoms with Gasteiger partial charge in [-0.05, 0) is 0 Å². The number of nitrogens with zero attached hydrogens (tertiary/aromatic N) is 2. The summed E-state index contributed by atoms with van der Waals surface area (Å²) in [5.74, 6) is 0. The van der Waals surface area contributed by atoms with Crippen LogP contribution < -0.4 is 11.1 Å². The normalized spacial score (nSPS) is 10.5. The van der Waals surface area contributed by atoms with E-state index >= 15 is 0 Å². The van der Waals surface area contributed by atoms with Crippen molar-refractivity contribution in [2.45, 2.75) is 0 Å².